The third kappa shape index (κ3) is 2.88. The van der Waals surface area contributed by atoms with Crippen LogP contribution in [-0.2, 0) is 5.41 Å². The maximum Gasteiger partial charge on any atom is 0.137 e. The van der Waals surface area contributed by atoms with E-state index in [0.717, 1.165) is 24.2 Å². The van der Waals surface area contributed by atoms with E-state index in [9.17, 15) is 0 Å². The number of pyridine rings is 1. The van der Waals surface area contributed by atoms with E-state index in [1.807, 2.05) is 0 Å². The van der Waals surface area contributed by atoms with Gasteiger partial charge in [-0.2, -0.15) is 0 Å². The van der Waals surface area contributed by atoms with E-state index in [2.05, 4.69) is 57.3 Å². The third-order valence-electron chi connectivity index (χ3n) is 3.75. The summed E-state index contributed by atoms with van der Waals surface area (Å²) in [6.45, 7) is 10.9. The molecule has 3 heteroatoms. The molecule has 0 aliphatic heterocycles. The molecule has 0 saturated heterocycles. The van der Waals surface area contributed by atoms with Gasteiger partial charge in [-0.3, -0.25) is 0 Å². The molecule has 0 aliphatic rings. The molecule has 2 rings (SSSR count). The second kappa shape index (κ2) is 5.57. The average molecular weight is 273 g/mol. The lowest BCUT2D eigenvalue weighted by atomic mass is 9.88. The van der Waals surface area contributed by atoms with Crippen LogP contribution in [0.5, 0.6) is 0 Å². The SMILES string of the molecule is CCCCC(N)c1c(C(C)(C)C)nc2cc(C)ccn12. The molecule has 0 spiro atoms. The monoisotopic (exact) mass is 273 g/mol. The highest BCUT2D eigenvalue weighted by atomic mass is 15.0. The summed E-state index contributed by atoms with van der Waals surface area (Å²) in [6.07, 6.45) is 5.45. The van der Waals surface area contributed by atoms with Gasteiger partial charge in [-0.05, 0) is 31.0 Å². The van der Waals surface area contributed by atoms with E-state index in [1.165, 1.54) is 17.7 Å². The summed E-state index contributed by atoms with van der Waals surface area (Å²) in [6, 6.07) is 4.31. The summed E-state index contributed by atoms with van der Waals surface area (Å²) < 4.78 is 2.17. The Balaban J connectivity index is 2.58. The quantitative estimate of drug-likeness (QED) is 0.910. The highest BCUT2D eigenvalue weighted by molar-refractivity contribution is 5.48. The van der Waals surface area contributed by atoms with Crippen LogP contribution in [0.15, 0.2) is 18.3 Å². The van der Waals surface area contributed by atoms with Gasteiger partial charge in [-0.25, -0.2) is 4.98 Å². The lowest BCUT2D eigenvalue weighted by Crippen LogP contribution is -2.21. The van der Waals surface area contributed by atoms with Crippen molar-refractivity contribution in [2.45, 2.75) is 65.3 Å². The van der Waals surface area contributed by atoms with Gasteiger partial charge in [-0.1, -0.05) is 40.5 Å². The summed E-state index contributed by atoms with van der Waals surface area (Å²) >= 11 is 0. The molecule has 0 saturated carbocycles. The van der Waals surface area contributed by atoms with Crippen LogP contribution in [0.25, 0.3) is 5.65 Å². The van der Waals surface area contributed by atoms with Crippen LogP contribution in [0, 0.1) is 6.92 Å². The zero-order valence-corrected chi connectivity index (χ0v) is 13.4. The van der Waals surface area contributed by atoms with Gasteiger partial charge in [0.05, 0.1) is 11.4 Å². The maximum absolute atomic E-state index is 6.47. The number of unbranched alkanes of at least 4 members (excludes halogenated alkanes) is 1. The largest absolute Gasteiger partial charge is 0.323 e. The Kier molecular flexibility index (Phi) is 4.19. The molecule has 0 aliphatic carbocycles. The lowest BCUT2D eigenvalue weighted by Gasteiger charge is -2.21. The van der Waals surface area contributed by atoms with Gasteiger partial charge < -0.3 is 10.1 Å². The van der Waals surface area contributed by atoms with Crippen LogP contribution in [0.4, 0.5) is 0 Å². The minimum Gasteiger partial charge on any atom is -0.323 e. The molecule has 2 aromatic heterocycles. The first kappa shape index (κ1) is 15.0. The van der Waals surface area contributed by atoms with Crippen LogP contribution in [0.2, 0.25) is 0 Å². The number of nitrogens with two attached hydrogens (primary N) is 1. The van der Waals surface area contributed by atoms with Crippen molar-refractivity contribution in [3.63, 3.8) is 0 Å². The fourth-order valence-corrected chi connectivity index (χ4v) is 2.63. The molecule has 2 heterocycles. The topological polar surface area (TPSA) is 43.3 Å². The second-order valence-electron chi connectivity index (χ2n) is 6.78. The van der Waals surface area contributed by atoms with E-state index in [1.54, 1.807) is 0 Å². The van der Waals surface area contributed by atoms with Gasteiger partial charge in [0.1, 0.15) is 5.65 Å². The highest BCUT2D eigenvalue weighted by Gasteiger charge is 2.26. The van der Waals surface area contributed by atoms with E-state index in [4.69, 9.17) is 10.7 Å². The highest BCUT2D eigenvalue weighted by Crippen LogP contribution is 2.31. The van der Waals surface area contributed by atoms with Crippen LogP contribution in [0.1, 0.15) is 70.0 Å². The first-order valence-corrected chi connectivity index (χ1v) is 7.59. The predicted molar refractivity (Wildman–Crippen MR) is 85.1 cm³/mol. The van der Waals surface area contributed by atoms with Gasteiger partial charge in [0.2, 0.25) is 0 Å². The van der Waals surface area contributed by atoms with Crippen LogP contribution >= 0.6 is 0 Å². The number of imidazole rings is 1. The Morgan fingerprint density at radius 2 is 2.05 bits per heavy atom. The van der Waals surface area contributed by atoms with E-state index >= 15 is 0 Å². The fourth-order valence-electron chi connectivity index (χ4n) is 2.63. The molecule has 1 unspecified atom stereocenters. The van der Waals surface area contributed by atoms with Crippen molar-refractivity contribution >= 4 is 5.65 Å². The van der Waals surface area contributed by atoms with Crippen molar-refractivity contribution in [3.05, 3.63) is 35.3 Å². The normalized spacial score (nSPS) is 13.9. The van der Waals surface area contributed by atoms with Crippen LogP contribution < -0.4 is 5.73 Å². The average Bonchev–Trinajstić information content (AvgIpc) is 2.74. The first-order chi connectivity index (χ1) is 9.34. The fraction of sp³-hybridized carbons (Fsp3) is 0.588. The first-order valence-electron chi connectivity index (χ1n) is 7.59. The van der Waals surface area contributed by atoms with E-state index < -0.39 is 0 Å². The number of hydrogen-bond acceptors (Lipinski definition) is 2. The summed E-state index contributed by atoms with van der Waals surface area (Å²) in [4.78, 5) is 4.86. The van der Waals surface area contributed by atoms with Crippen molar-refractivity contribution in [2.24, 2.45) is 5.73 Å². The van der Waals surface area contributed by atoms with Gasteiger partial charge in [-0.15, -0.1) is 0 Å². The number of aryl methyl sites for hydroxylation is 1. The molecule has 0 bridgehead atoms. The standard InChI is InChI=1S/C17H27N3/c1-6-7-8-13(18)15-16(17(3,4)5)19-14-11-12(2)9-10-20(14)15/h9-11,13H,6-8,18H2,1-5H3. The Hall–Kier alpha value is -1.35. The minimum absolute atomic E-state index is 0.0130. The Morgan fingerprint density at radius 3 is 2.65 bits per heavy atom. The number of nitrogens with zero attached hydrogens (tertiary/aromatic N) is 2. The van der Waals surface area contributed by atoms with Crippen molar-refractivity contribution in [3.8, 4) is 0 Å². The minimum atomic E-state index is 0.0130. The molecule has 110 valence electrons. The number of hydrogen-bond donors (Lipinski definition) is 1. The summed E-state index contributed by atoms with van der Waals surface area (Å²) in [5.41, 5.74) is 11.0. The molecule has 3 nitrogen and oxygen atoms in total. The lowest BCUT2D eigenvalue weighted by molar-refractivity contribution is 0.529. The number of fused-ring (bicyclic) bond motifs is 1. The number of aromatic nitrogens is 2. The van der Waals surface area contributed by atoms with Crippen molar-refractivity contribution in [1.82, 2.24) is 9.38 Å². The molecule has 2 N–H and O–H groups in total. The Morgan fingerprint density at radius 1 is 1.35 bits per heavy atom. The summed E-state index contributed by atoms with van der Waals surface area (Å²) in [5, 5.41) is 0. The third-order valence-corrected chi connectivity index (χ3v) is 3.75. The molecule has 1 atom stereocenters. The van der Waals surface area contributed by atoms with Gasteiger partial charge in [0.25, 0.3) is 0 Å². The molecular formula is C17H27N3. The predicted octanol–water partition coefficient (Wildman–Crippen LogP) is 4.13. The summed E-state index contributed by atoms with van der Waals surface area (Å²) in [7, 11) is 0. The Bertz CT molecular complexity index is 590. The summed E-state index contributed by atoms with van der Waals surface area (Å²) in [5.74, 6) is 0. The smallest absolute Gasteiger partial charge is 0.137 e. The Labute approximate surface area is 122 Å². The molecule has 0 amide bonds. The van der Waals surface area contributed by atoms with Crippen LogP contribution in [-0.4, -0.2) is 9.38 Å². The zero-order valence-electron chi connectivity index (χ0n) is 13.4. The van der Waals surface area contributed by atoms with E-state index in [0.29, 0.717) is 0 Å². The van der Waals surface area contributed by atoms with Gasteiger partial charge in [0.15, 0.2) is 0 Å². The van der Waals surface area contributed by atoms with E-state index in [-0.39, 0.29) is 11.5 Å². The molecule has 2 aromatic rings. The second-order valence-corrected chi connectivity index (χ2v) is 6.78. The molecule has 0 radical (unpaired) electrons. The molecule has 0 fully saturated rings. The molecule has 20 heavy (non-hydrogen) atoms. The molecular weight excluding hydrogens is 246 g/mol. The van der Waals surface area contributed by atoms with Crippen LogP contribution in [0.3, 0.4) is 0 Å². The van der Waals surface area contributed by atoms with Gasteiger partial charge >= 0.3 is 0 Å². The van der Waals surface area contributed by atoms with Gasteiger partial charge in [0, 0.05) is 17.7 Å². The zero-order chi connectivity index (χ0) is 14.9. The van der Waals surface area contributed by atoms with Crippen molar-refractivity contribution in [2.75, 3.05) is 0 Å². The van der Waals surface area contributed by atoms with Crippen molar-refractivity contribution < 1.29 is 0 Å². The maximum atomic E-state index is 6.47. The van der Waals surface area contributed by atoms with Crippen molar-refractivity contribution in [1.29, 1.82) is 0 Å². The molecule has 0 aromatic carbocycles. The number of rotatable bonds is 4.